The van der Waals surface area contributed by atoms with Gasteiger partial charge in [-0.05, 0) is 24.6 Å². The smallest absolute Gasteiger partial charge is 0.254 e. The van der Waals surface area contributed by atoms with Gasteiger partial charge in [-0.2, -0.15) is 0 Å². The van der Waals surface area contributed by atoms with Crippen molar-refractivity contribution in [3.05, 3.63) is 58.8 Å². The van der Waals surface area contributed by atoms with Crippen molar-refractivity contribution in [1.82, 2.24) is 9.88 Å². The molecule has 0 fully saturated rings. The van der Waals surface area contributed by atoms with Gasteiger partial charge in [-0.15, -0.1) is 0 Å². The number of ether oxygens (including phenoxy) is 2. The molecule has 0 N–H and O–H groups in total. The molecule has 0 saturated heterocycles. The minimum Gasteiger partial charge on any atom is -0.475 e. The number of nitrogens with zero attached hydrogens (tertiary/aromatic N) is 2. The normalized spacial score (nSPS) is 13.5. The van der Waals surface area contributed by atoms with E-state index in [1.807, 2.05) is 48.2 Å². The van der Waals surface area contributed by atoms with Crippen molar-refractivity contribution in [1.29, 1.82) is 0 Å². The van der Waals surface area contributed by atoms with Crippen LogP contribution in [0.15, 0.2) is 36.4 Å². The van der Waals surface area contributed by atoms with Crippen LogP contribution in [-0.4, -0.2) is 42.7 Å². The highest BCUT2D eigenvalue weighted by molar-refractivity contribution is 5.94. The second kappa shape index (κ2) is 7.45. The first-order valence-electron chi connectivity index (χ1n) is 8.14. The molecule has 2 heterocycles. The molecule has 0 unspecified atom stereocenters. The molecular formula is C19H22N2O3. The van der Waals surface area contributed by atoms with E-state index >= 15 is 0 Å². The molecule has 0 bridgehead atoms. The van der Waals surface area contributed by atoms with E-state index in [4.69, 9.17) is 9.47 Å². The Morgan fingerprint density at radius 1 is 1.25 bits per heavy atom. The Bertz CT molecular complexity index is 730. The van der Waals surface area contributed by atoms with Gasteiger partial charge in [0.1, 0.15) is 6.61 Å². The number of rotatable bonds is 5. The van der Waals surface area contributed by atoms with Crippen molar-refractivity contribution >= 4 is 5.91 Å². The molecule has 3 rings (SSSR count). The van der Waals surface area contributed by atoms with E-state index in [1.165, 1.54) is 0 Å². The number of carbonyl (C=O) groups is 1. The lowest BCUT2D eigenvalue weighted by molar-refractivity contribution is 0.0733. The third kappa shape index (κ3) is 3.74. The summed E-state index contributed by atoms with van der Waals surface area (Å²) < 4.78 is 10.5. The number of aryl methyl sites for hydroxylation is 1. The van der Waals surface area contributed by atoms with Gasteiger partial charge >= 0.3 is 0 Å². The summed E-state index contributed by atoms with van der Waals surface area (Å²) in [5.74, 6) is 0.689. The van der Waals surface area contributed by atoms with Gasteiger partial charge in [-0.25, -0.2) is 4.98 Å². The lowest BCUT2D eigenvalue weighted by Crippen LogP contribution is -2.36. The van der Waals surface area contributed by atoms with Crippen LogP contribution in [0.3, 0.4) is 0 Å². The third-order valence-corrected chi connectivity index (χ3v) is 4.11. The Hall–Kier alpha value is -2.40. The zero-order valence-corrected chi connectivity index (χ0v) is 14.1. The predicted octanol–water partition coefficient (Wildman–Crippen LogP) is 2.61. The van der Waals surface area contributed by atoms with Gasteiger partial charge in [0.05, 0.1) is 12.3 Å². The molecule has 1 aromatic carbocycles. The lowest BCUT2D eigenvalue weighted by atomic mass is 10.0. The molecule has 1 aliphatic rings. The molecule has 1 amide bonds. The summed E-state index contributed by atoms with van der Waals surface area (Å²) in [5.41, 5.74) is 3.93. The quantitative estimate of drug-likeness (QED) is 0.793. The number of pyridine rings is 1. The van der Waals surface area contributed by atoms with Gasteiger partial charge in [0, 0.05) is 38.2 Å². The summed E-state index contributed by atoms with van der Waals surface area (Å²) >= 11 is 0. The molecule has 0 radical (unpaired) electrons. The van der Waals surface area contributed by atoms with Crippen LogP contribution in [-0.2, 0) is 17.7 Å². The first-order valence-corrected chi connectivity index (χ1v) is 8.14. The maximum absolute atomic E-state index is 12.7. The first-order chi connectivity index (χ1) is 11.7. The van der Waals surface area contributed by atoms with Crippen molar-refractivity contribution in [3.63, 3.8) is 0 Å². The van der Waals surface area contributed by atoms with E-state index in [-0.39, 0.29) is 5.91 Å². The number of hydrogen-bond donors (Lipinski definition) is 0. The summed E-state index contributed by atoms with van der Waals surface area (Å²) in [6.07, 6.45) is 0.744. The number of carbonyl (C=O) groups excluding carboxylic acids is 1. The van der Waals surface area contributed by atoms with Gasteiger partial charge in [-0.1, -0.05) is 23.8 Å². The van der Waals surface area contributed by atoms with E-state index in [0.717, 1.165) is 28.8 Å². The van der Waals surface area contributed by atoms with Crippen molar-refractivity contribution in [2.75, 3.05) is 26.9 Å². The zero-order chi connectivity index (χ0) is 16.9. The molecule has 5 heteroatoms. The molecular weight excluding hydrogens is 304 g/mol. The number of benzene rings is 1. The van der Waals surface area contributed by atoms with Crippen LogP contribution in [0.5, 0.6) is 5.88 Å². The van der Waals surface area contributed by atoms with Crippen LogP contribution >= 0.6 is 0 Å². The first kappa shape index (κ1) is 16.5. The van der Waals surface area contributed by atoms with Crippen LogP contribution in [0.1, 0.15) is 27.2 Å². The van der Waals surface area contributed by atoms with Crippen molar-refractivity contribution in [3.8, 4) is 5.88 Å². The molecule has 1 aromatic heterocycles. The lowest BCUT2D eigenvalue weighted by Gasteiger charge is -2.28. The zero-order valence-electron chi connectivity index (χ0n) is 14.1. The van der Waals surface area contributed by atoms with Gasteiger partial charge < -0.3 is 14.4 Å². The Balaban J connectivity index is 1.69. The van der Waals surface area contributed by atoms with E-state index < -0.39 is 0 Å². The van der Waals surface area contributed by atoms with E-state index in [9.17, 15) is 4.79 Å². The second-order valence-electron chi connectivity index (χ2n) is 5.94. The molecule has 0 saturated carbocycles. The molecule has 0 atom stereocenters. The fraction of sp³-hybridized carbons (Fsp3) is 0.368. The summed E-state index contributed by atoms with van der Waals surface area (Å²) in [4.78, 5) is 19.1. The standard InChI is InChI=1S/C19H22N2O3/c1-14-4-3-5-15(12-14)19(22)21-9-8-17-16(13-21)6-7-18(20-17)24-11-10-23-2/h3-7,12H,8-11,13H2,1-2H3. The van der Waals surface area contributed by atoms with E-state index in [1.54, 1.807) is 7.11 Å². The van der Waals surface area contributed by atoms with Gasteiger partial charge in [-0.3, -0.25) is 4.79 Å². The Morgan fingerprint density at radius 3 is 2.92 bits per heavy atom. The van der Waals surface area contributed by atoms with Gasteiger partial charge in [0.25, 0.3) is 5.91 Å². The number of amides is 1. The van der Waals surface area contributed by atoms with Gasteiger partial charge in [0.15, 0.2) is 0 Å². The second-order valence-corrected chi connectivity index (χ2v) is 5.94. The summed E-state index contributed by atoms with van der Waals surface area (Å²) in [5, 5.41) is 0. The largest absolute Gasteiger partial charge is 0.475 e. The number of methoxy groups -OCH3 is 1. The van der Waals surface area contributed by atoms with Crippen LogP contribution < -0.4 is 4.74 Å². The third-order valence-electron chi connectivity index (χ3n) is 4.11. The molecule has 1 aliphatic heterocycles. The summed E-state index contributed by atoms with van der Waals surface area (Å²) in [6.45, 7) is 4.29. The highest BCUT2D eigenvalue weighted by atomic mass is 16.5. The fourth-order valence-electron chi connectivity index (χ4n) is 2.84. The Labute approximate surface area is 142 Å². The fourth-order valence-corrected chi connectivity index (χ4v) is 2.84. The number of aromatic nitrogens is 1. The maximum Gasteiger partial charge on any atom is 0.254 e. The highest BCUT2D eigenvalue weighted by Gasteiger charge is 2.23. The average Bonchev–Trinajstić information content (AvgIpc) is 2.61. The molecule has 5 nitrogen and oxygen atoms in total. The predicted molar refractivity (Wildman–Crippen MR) is 91.2 cm³/mol. The van der Waals surface area contributed by atoms with Crippen molar-refractivity contribution < 1.29 is 14.3 Å². The Morgan fingerprint density at radius 2 is 2.12 bits per heavy atom. The summed E-state index contributed by atoms with van der Waals surface area (Å²) in [7, 11) is 1.64. The Kier molecular flexibility index (Phi) is 5.11. The van der Waals surface area contributed by atoms with E-state index in [0.29, 0.717) is 32.2 Å². The van der Waals surface area contributed by atoms with Crippen LogP contribution in [0.4, 0.5) is 0 Å². The van der Waals surface area contributed by atoms with Crippen molar-refractivity contribution in [2.24, 2.45) is 0 Å². The topological polar surface area (TPSA) is 51.7 Å². The molecule has 2 aromatic rings. The molecule has 126 valence electrons. The number of hydrogen-bond acceptors (Lipinski definition) is 4. The molecule has 0 spiro atoms. The van der Waals surface area contributed by atoms with Crippen LogP contribution in [0.2, 0.25) is 0 Å². The van der Waals surface area contributed by atoms with Crippen LogP contribution in [0.25, 0.3) is 0 Å². The van der Waals surface area contributed by atoms with Crippen LogP contribution in [0, 0.1) is 6.92 Å². The monoisotopic (exact) mass is 326 g/mol. The molecule has 24 heavy (non-hydrogen) atoms. The molecule has 0 aliphatic carbocycles. The summed E-state index contributed by atoms with van der Waals surface area (Å²) in [6, 6.07) is 11.6. The average molecular weight is 326 g/mol. The van der Waals surface area contributed by atoms with E-state index in [2.05, 4.69) is 4.98 Å². The number of fused-ring (bicyclic) bond motifs is 1. The highest BCUT2D eigenvalue weighted by Crippen LogP contribution is 2.22. The minimum atomic E-state index is 0.0739. The van der Waals surface area contributed by atoms with Crippen molar-refractivity contribution in [2.45, 2.75) is 19.9 Å². The SMILES string of the molecule is COCCOc1ccc2c(n1)CCN(C(=O)c1cccc(C)c1)C2. The van der Waals surface area contributed by atoms with Gasteiger partial charge in [0.2, 0.25) is 5.88 Å². The maximum atomic E-state index is 12.7. The minimum absolute atomic E-state index is 0.0739.